The first-order valence-electron chi connectivity index (χ1n) is 6.30. The lowest BCUT2D eigenvalue weighted by Gasteiger charge is -2.16. The van der Waals surface area contributed by atoms with E-state index in [0.29, 0.717) is 18.7 Å². The van der Waals surface area contributed by atoms with Gasteiger partial charge in [0.2, 0.25) is 0 Å². The molecule has 1 aromatic carbocycles. The number of benzene rings is 1. The molecule has 20 heavy (non-hydrogen) atoms. The Balaban J connectivity index is 3.06. The molecule has 1 amide bonds. The van der Waals surface area contributed by atoms with Crippen LogP contribution < -0.4 is 10.6 Å². The number of carbonyl (C=O) groups excluding carboxylic acids is 1. The van der Waals surface area contributed by atoms with Gasteiger partial charge in [0, 0.05) is 14.2 Å². The van der Waals surface area contributed by atoms with Crippen LogP contribution in [0.25, 0.3) is 0 Å². The van der Waals surface area contributed by atoms with Gasteiger partial charge in [0.25, 0.3) is 5.91 Å². The molecule has 0 aliphatic carbocycles. The van der Waals surface area contributed by atoms with Crippen molar-refractivity contribution in [2.75, 3.05) is 26.1 Å². The van der Waals surface area contributed by atoms with E-state index in [1.165, 1.54) is 6.07 Å². The molecule has 0 aliphatic heterocycles. The van der Waals surface area contributed by atoms with Gasteiger partial charge in [0.1, 0.15) is 11.3 Å². The summed E-state index contributed by atoms with van der Waals surface area (Å²) in [4.78, 5) is 22.8. The molecular formula is C13H19N3O4. The van der Waals surface area contributed by atoms with Crippen LogP contribution in [-0.2, 0) is 4.74 Å². The summed E-state index contributed by atoms with van der Waals surface area (Å²) in [5.41, 5.74) is 0.124. The van der Waals surface area contributed by atoms with E-state index in [4.69, 9.17) is 4.74 Å². The molecule has 0 heterocycles. The Labute approximate surface area is 117 Å². The number of nitrogens with zero attached hydrogens (tertiary/aromatic N) is 1. The summed E-state index contributed by atoms with van der Waals surface area (Å²) in [5.74, 6) is -0.474. The minimum absolute atomic E-state index is 0.0383. The summed E-state index contributed by atoms with van der Waals surface area (Å²) in [6.07, 6.45) is 0.680. The monoisotopic (exact) mass is 281 g/mol. The second-order valence-electron chi connectivity index (χ2n) is 4.24. The third-order valence-electron chi connectivity index (χ3n) is 2.93. The first kappa shape index (κ1) is 15.9. The number of anilines is 1. The highest BCUT2D eigenvalue weighted by molar-refractivity contribution is 6.00. The van der Waals surface area contributed by atoms with Gasteiger partial charge >= 0.3 is 5.69 Å². The van der Waals surface area contributed by atoms with Crippen LogP contribution in [0.3, 0.4) is 0 Å². The van der Waals surface area contributed by atoms with E-state index in [-0.39, 0.29) is 17.3 Å². The van der Waals surface area contributed by atoms with Crippen LogP contribution in [0.2, 0.25) is 0 Å². The quantitative estimate of drug-likeness (QED) is 0.587. The number of carbonyl (C=O) groups is 1. The average Bonchev–Trinajstić information content (AvgIpc) is 2.45. The van der Waals surface area contributed by atoms with Crippen molar-refractivity contribution in [1.82, 2.24) is 5.32 Å². The molecule has 7 nitrogen and oxygen atoms in total. The molecule has 0 bridgehead atoms. The predicted molar refractivity (Wildman–Crippen MR) is 76.1 cm³/mol. The number of ether oxygens (including phenoxy) is 1. The van der Waals surface area contributed by atoms with E-state index in [1.807, 2.05) is 6.92 Å². The topological polar surface area (TPSA) is 93.5 Å². The summed E-state index contributed by atoms with van der Waals surface area (Å²) >= 11 is 0. The van der Waals surface area contributed by atoms with Gasteiger partial charge in [-0.25, -0.2) is 0 Å². The maximum Gasteiger partial charge on any atom is 0.305 e. The van der Waals surface area contributed by atoms with Crippen LogP contribution in [0.15, 0.2) is 18.2 Å². The summed E-state index contributed by atoms with van der Waals surface area (Å²) in [7, 11) is 3.11. The molecule has 0 aromatic heterocycles. The number of rotatable bonds is 7. The summed E-state index contributed by atoms with van der Waals surface area (Å²) in [6, 6.07) is 4.42. The third-order valence-corrected chi connectivity index (χ3v) is 2.93. The van der Waals surface area contributed by atoms with E-state index in [9.17, 15) is 14.9 Å². The standard InChI is InChI=1S/C13H19N3O4/c1-4-9(8-20-3)15-13(17)10-6-5-7-11(14-2)12(10)16(18)19/h5-7,9,14H,4,8H2,1-3H3,(H,15,17). The fourth-order valence-corrected chi connectivity index (χ4v) is 1.85. The normalized spacial score (nSPS) is 11.8. The van der Waals surface area contributed by atoms with Gasteiger partial charge in [-0.05, 0) is 18.6 Å². The van der Waals surface area contributed by atoms with Gasteiger partial charge in [-0.2, -0.15) is 0 Å². The van der Waals surface area contributed by atoms with Crippen LogP contribution >= 0.6 is 0 Å². The zero-order valence-electron chi connectivity index (χ0n) is 11.8. The molecule has 1 aromatic rings. The lowest BCUT2D eigenvalue weighted by atomic mass is 10.1. The predicted octanol–water partition coefficient (Wildman–Crippen LogP) is 1.79. The third kappa shape index (κ3) is 3.67. The van der Waals surface area contributed by atoms with Gasteiger partial charge in [-0.3, -0.25) is 14.9 Å². The van der Waals surface area contributed by atoms with E-state index >= 15 is 0 Å². The summed E-state index contributed by atoms with van der Waals surface area (Å²) in [5, 5.41) is 16.6. The molecule has 2 N–H and O–H groups in total. The SMILES string of the molecule is CCC(COC)NC(=O)c1cccc(NC)c1[N+](=O)[O-]. The Hall–Kier alpha value is -2.15. The number of amides is 1. The highest BCUT2D eigenvalue weighted by Gasteiger charge is 2.25. The fourth-order valence-electron chi connectivity index (χ4n) is 1.85. The van der Waals surface area contributed by atoms with Crippen LogP contribution in [0.5, 0.6) is 0 Å². The Morgan fingerprint density at radius 1 is 1.50 bits per heavy atom. The average molecular weight is 281 g/mol. The minimum Gasteiger partial charge on any atom is -0.383 e. The zero-order chi connectivity index (χ0) is 15.1. The molecule has 0 spiro atoms. The van der Waals surface area contributed by atoms with Crippen LogP contribution in [-0.4, -0.2) is 37.6 Å². The van der Waals surface area contributed by atoms with Crippen molar-refractivity contribution in [3.63, 3.8) is 0 Å². The number of nitro benzene ring substituents is 1. The molecule has 0 fully saturated rings. The van der Waals surface area contributed by atoms with Gasteiger partial charge in [0.15, 0.2) is 0 Å². The summed E-state index contributed by atoms with van der Waals surface area (Å²) < 4.78 is 4.99. The smallest absolute Gasteiger partial charge is 0.305 e. The molecule has 1 rings (SSSR count). The molecule has 0 radical (unpaired) electrons. The molecular weight excluding hydrogens is 262 g/mol. The van der Waals surface area contributed by atoms with Crippen molar-refractivity contribution in [3.05, 3.63) is 33.9 Å². The largest absolute Gasteiger partial charge is 0.383 e. The van der Waals surface area contributed by atoms with Gasteiger partial charge in [-0.15, -0.1) is 0 Å². The van der Waals surface area contributed by atoms with E-state index in [0.717, 1.165) is 0 Å². The first-order chi connectivity index (χ1) is 9.54. The lowest BCUT2D eigenvalue weighted by molar-refractivity contribution is -0.384. The molecule has 0 saturated heterocycles. The van der Waals surface area contributed by atoms with Crippen LogP contribution in [0.4, 0.5) is 11.4 Å². The molecule has 0 saturated carbocycles. The fraction of sp³-hybridized carbons (Fsp3) is 0.462. The number of hydrogen-bond donors (Lipinski definition) is 2. The van der Waals surface area contributed by atoms with Crippen molar-refractivity contribution in [2.24, 2.45) is 0 Å². The lowest BCUT2D eigenvalue weighted by Crippen LogP contribution is -2.37. The van der Waals surface area contributed by atoms with Gasteiger partial charge in [0.05, 0.1) is 17.6 Å². The number of hydrogen-bond acceptors (Lipinski definition) is 5. The van der Waals surface area contributed by atoms with Crippen molar-refractivity contribution < 1.29 is 14.5 Å². The number of para-hydroxylation sites is 1. The van der Waals surface area contributed by atoms with Crippen LogP contribution in [0, 0.1) is 10.1 Å². The Kier molecular flexibility index (Phi) is 5.92. The minimum atomic E-state index is -0.558. The van der Waals surface area contributed by atoms with E-state index < -0.39 is 10.8 Å². The second-order valence-corrected chi connectivity index (χ2v) is 4.24. The molecule has 110 valence electrons. The molecule has 1 unspecified atom stereocenters. The van der Waals surface area contributed by atoms with Crippen molar-refractivity contribution in [1.29, 1.82) is 0 Å². The van der Waals surface area contributed by atoms with Crippen LogP contribution in [0.1, 0.15) is 23.7 Å². The Bertz CT molecular complexity index is 491. The van der Waals surface area contributed by atoms with Crippen molar-refractivity contribution in [3.8, 4) is 0 Å². The maximum atomic E-state index is 12.2. The molecule has 7 heteroatoms. The van der Waals surface area contributed by atoms with Gasteiger partial charge < -0.3 is 15.4 Å². The number of nitrogens with one attached hydrogen (secondary N) is 2. The van der Waals surface area contributed by atoms with Crippen molar-refractivity contribution in [2.45, 2.75) is 19.4 Å². The second kappa shape index (κ2) is 7.44. The molecule has 1 atom stereocenters. The number of nitro groups is 1. The van der Waals surface area contributed by atoms with Gasteiger partial charge in [-0.1, -0.05) is 13.0 Å². The highest BCUT2D eigenvalue weighted by atomic mass is 16.6. The molecule has 0 aliphatic rings. The van der Waals surface area contributed by atoms with Crippen molar-refractivity contribution >= 4 is 17.3 Å². The highest BCUT2D eigenvalue weighted by Crippen LogP contribution is 2.28. The summed E-state index contributed by atoms with van der Waals surface area (Å²) in [6.45, 7) is 2.27. The first-order valence-corrected chi connectivity index (χ1v) is 6.30. The van der Waals surface area contributed by atoms with E-state index in [2.05, 4.69) is 10.6 Å². The Morgan fingerprint density at radius 3 is 2.70 bits per heavy atom. The zero-order valence-corrected chi connectivity index (χ0v) is 11.8. The Morgan fingerprint density at radius 2 is 2.20 bits per heavy atom. The van der Waals surface area contributed by atoms with E-state index in [1.54, 1.807) is 26.3 Å². The maximum absolute atomic E-state index is 12.2. The number of methoxy groups -OCH3 is 1.